The van der Waals surface area contributed by atoms with Gasteiger partial charge in [-0.1, -0.05) is 65.2 Å². The van der Waals surface area contributed by atoms with Gasteiger partial charge in [0.25, 0.3) is 0 Å². The molecule has 0 radical (unpaired) electrons. The Hall–Kier alpha value is -1.44. The average Bonchev–Trinajstić information content (AvgIpc) is 2.47. The van der Waals surface area contributed by atoms with E-state index in [2.05, 4.69) is 34.6 Å². The van der Waals surface area contributed by atoms with Crippen molar-refractivity contribution in [1.29, 1.82) is 0 Å². The van der Waals surface area contributed by atoms with Crippen LogP contribution in [0, 0.1) is 11.8 Å². The van der Waals surface area contributed by atoms with Crippen LogP contribution in [0.4, 0.5) is 0 Å². The van der Waals surface area contributed by atoms with Gasteiger partial charge in [-0.3, -0.25) is 9.59 Å². The topological polar surface area (TPSA) is 34.1 Å². The summed E-state index contributed by atoms with van der Waals surface area (Å²) < 4.78 is 0. The quantitative estimate of drug-likeness (QED) is 0.306. The normalized spacial score (nSPS) is 13.0. The summed E-state index contributed by atoms with van der Waals surface area (Å²) in [5, 5.41) is 0. The van der Waals surface area contributed by atoms with Crippen LogP contribution < -0.4 is 0 Å². The van der Waals surface area contributed by atoms with E-state index in [0.717, 1.165) is 31.3 Å². The first kappa shape index (κ1) is 20.6. The highest BCUT2D eigenvalue weighted by molar-refractivity contribution is 6.27. The molecule has 2 nitrogen and oxygen atoms in total. The lowest BCUT2D eigenvalue weighted by Crippen LogP contribution is -2.17. The Balaban J connectivity index is 5.53. The number of unbranched alkanes of at least 4 members (excludes halogenated alkanes) is 2. The highest BCUT2D eigenvalue weighted by atomic mass is 16.1. The first-order chi connectivity index (χ1) is 10.4. The molecule has 0 aliphatic carbocycles. The van der Waals surface area contributed by atoms with E-state index in [1.54, 1.807) is 12.2 Å². The highest BCUT2D eigenvalue weighted by Gasteiger charge is 2.21. The molecule has 124 valence electrons. The van der Waals surface area contributed by atoms with Gasteiger partial charge in [0.15, 0.2) is 11.6 Å². The molecule has 1 unspecified atom stereocenters. The largest absolute Gasteiger partial charge is 0.289 e. The smallest absolute Gasteiger partial charge is 0.189 e. The van der Waals surface area contributed by atoms with Crippen molar-refractivity contribution in [3.05, 3.63) is 35.5 Å². The second kappa shape index (κ2) is 11.2. The third-order valence-corrected chi connectivity index (χ3v) is 4.02. The van der Waals surface area contributed by atoms with Crippen LogP contribution in [-0.2, 0) is 9.59 Å². The lowest BCUT2D eigenvalue weighted by Gasteiger charge is -2.19. The maximum absolute atomic E-state index is 12.5. The summed E-state index contributed by atoms with van der Waals surface area (Å²) in [6.07, 6.45) is 10.5. The Labute approximate surface area is 136 Å². The Kier molecular flexibility index (Phi) is 10.4. The van der Waals surface area contributed by atoms with Gasteiger partial charge in [-0.25, -0.2) is 0 Å². The molecule has 0 bridgehead atoms. The molecule has 2 heteroatoms. The fourth-order valence-electron chi connectivity index (χ4n) is 2.12. The zero-order chi connectivity index (χ0) is 17.1. The molecule has 0 saturated heterocycles. The lowest BCUT2D eigenvalue weighted by atomic mass is 9.85. The van der Waals surface area contributed by atoms with E-state index >= 15 is 0 Å². The predicted octanol–water partition coefficient (Wildman–Crippen LogP) is 5.45. The van der Waals surface area contributed by atoms with Gasteiger partial charge in [0.2, 0.25) is 0 Å². The second-order valence-corrected chi connectivity index (χ2v) is 6.20. The number of carbonyl (C=O) groups excluding carboxylic acids is 2. The van der Waals surface area contributed by atoms with Crippen LogP contribution in [0.2, 0.25) is 0 Å². The molecule has 0 rings (SSSR count). The van der Waals surface area contributed by atoms with Crippen LogP contribution in [-0.4, -0.2) is 11.6 Å². The second-order valence-electron chi connectivity index (χ2n) is 6.20. The van der Waals surface area contributed by atoms with Crippen molar-refractivity contribution in [2.45, 2.75) is 67.2 Å². The molecule has 0 N–H and O–H groups in total. The summed E-state index contributed by atoms with van der Waals surface area (Å²) in [6, 6.07) is 0. The molecule has 0 aliphatic heterocycles. The first-order valence-corrected chi connectivity index (χ1v) is 8.49. The maximum atomic E-state index is 12.5. The Morgan fingerprint density at radius 3 is 1.59 bits per heavy atom. The monoisotopic (exact) mass is 304 g/mol. The molecule has 0 spiro atoms. The SMILES string of the molecule is CCCC=CC(=O)C(C(=O)C=CCCC)=C(C)C(C)C(C)C. The summed E-state index contributed by atoms with van der Waals surface area (Å²) in [6.45, 7) is 12.3. The Bertz CT molecular complexity index is 420. The lowest BCUT2D eigenvalue weighted by molar-refractivity contribution is -0.117. The first-order valence-electron chi connectivity index (χ1n) is 8.49. The van der Waals surface area contributed by atoms with Gasteiger partial charge in [-0.15, -0.1) is 0 Å². The van der Waals surface area contributed by atoms with Crippen molar-refractivity contribution >= 4 is 11.6 Å². The van der Waals surface area contributed by atoms with Gasteiger partial charge >= 0.3 is 0 Å². The summed E-state index contributed by atoms with van der Waals surface area (Å²) >= 11 is 0. The van der Waals surface area contributed by atoms with Gasteiger partial charge in [-0.05, 0) is 43.8 Å². The van der Waals surface area contributed by atoms with Crippen LogP contribution in [0.25, 0.3) is 0 Å². The third kappa shape index (κ3) is 7.02. The van der Waals surface area contributed by atoms with Gasteiger partial charge < -0.3 is 0 Å². The van der Waals surface area contributed by atoms with Gasteiger partial charge in [0, 0.05) is 0 Å². The summed E-state index contributed by atoms with van der Waals surface area (Å²) in [5.74, 6) is 0.283. The van der Waals surface area contributed by atoms with Crippen molar-refractivity contribution in [3.63, 3.8) is 0 Å². The van der Waals surface area contributed by atoms with Crippen LogP contribution in [0.15, 0.2) is 35.5 Å². The predicted molar refractivity (Wildman–Crippen MR) is 94.8 cm³/mol. The third-order valence-electron chi connectivity index (χ3n) is 4.02. The zero-order valence-electron chi connectivity index (χ0n) is 15.1. The number of allylic oxidation sites excluding steroid dienone is 6. The highest BCUT2D eigenvalue weighted by Crippen LogP contribution is 2.24. The molecular weight excluding hydrogens is 272 g/mol. The fraction of sp³-hybridized carbons (Fsp3) is 0.600. The van der Waals surface area contributed by atoms with E-state index in [4.69, 9.17) is 0 Å². The molecule has 0 aromatic rings. The molecule has 0 heterocycles. The van der Waals surface area contributed by atoms with Gasteiger partial charge in [0.05, 0.1) is 5.57 Å². The molecule has 0 aliphatic rings. The molecule has 0 aromatic carbocycles. The Morgan fingerprint density at radius 2 is 1.27 bits per heavy atom. The van der Waals surface area contributed by atoms with Crippen molar-refractivity contribution in [2.24, 2.45) is 11.8 Å². The number of rotatable bonds is 10. The standard InChI is InChI=1S/C20H32O2/c1-7-9-11-13-18(21)20(17(6)16(5)15(3)4)19(22)14-12-10-8-2/h11-16H,7-10H2,1-6H3. The zero-order valence-corrected chi connectivity index (χ0v) is 15.1. The minimum absolute atomic E-state index is 0.162. The molecule has 0 amide bonds. The fourth-order valence-corrected chi connectivity index (χ4v) is 2.12. The van der Waals surface area contributed by atoms with E-state index in [1.165, 1.54) is 0 Å². The minimum Gasteiger partial charge on any atom is -0.289 e. The molecule has 22 heavy (non-hydrogen) atoms. The minimum atomic E-state index is -0.162. The van der Waals surface area contributed by atoms with E-state index in [1.807, 2.05) is 19.1 Å². The molecule has 0 fully saturated rings. The molecule has 1 atom stereocenters. The molecule has 0 saturated carbocycles. The summed E-state index contributed by atoms with van der Waals surface area (Å²) in [4.78, 5) is 24.9. The number of carbonyl (C=O) groups is 2. The summed E-state index contributed by atoms with van der Waals surface area (Å²) in [7, 11) is 0. The Morgan fingerprint density at radius 1 is 0.864 bits per heavy atom. The van der Waals surface area contributed by atoms with Crippen LogP contribution in [0.1, 0.15) is 67.2 Å². The molecular formula is C20H32O2. The number of hydrogen-bond acceptors (Lipinski definition) is 2. The van der Waals surface area contributed by atoms with Gasteiger partial charge in [0.1, 0.15) is 0 Å². The van der Waals surface area contributed by atoms with E-state index in [0.29, 0.717) is 11.5 Å². The maximum Gasteiger partial charge on any atom is 0.189 e. The molecule has 0 aromatic heterocycles. The van der Waals surface area contributed by atoms with E-state index in [9.17, 15) is 9.59 Å². The van der Waals surface area contributed by atoms with Crippen molar-refractivity contribution in [1.82, 2.24) is 0 Å². The van der Waals surface area contributed by atoms with Crippen molar-refractivity contribution in [3.8, 4) is 0 Å². The van der Waals surface area contributed by atoms with Crippen molar-refractivity contribution in [2.75, 3.05) is 0 Å². The van der Waals surface area contributed by atoms with Crippen LogP contribution in [0.5, 0.6) is 0 Å². The number of hydrogen-bond donors (Lipinski definition) is 0. The summed E-state index contributed by atoms with van der Waals surface area (Å²) in [5.41, 5.74) is 1.24. The van der Waals surface area contributed by atoms with Crippen LogP contribution in [0.3, 0.4) is 0 Å². The van der Waals surface area contributed by atoms with E-state index < -0.39 is 0 Å². The van der Waals surface area contributed by atoms with Crippen molar-refractivity contribution < 1.29 is 9.59 Å². The number of ketones is 2. The van der Waals surface area contributed by atoms with Gasteiger partial charge in [-0.2, -0.15) is 0 Å². The van der Waals surface area contributed by atoms with E-state index in [-0.39, 0.29) is 17.5 Å². The van der Waals surface area contributed by atoms with Crippen LogP contribution >= 0.6 is 0 Å². The average molecular weight is 304 g/mol.